The van der Waals surface area contributed by atoms with E-state index in [2.05, 4.69) is 4.74 Å². The minimum atomic E-state index is -3.01. The predicted octanol–water partition coefficient (Wildman–Crippen LogP) is 4.21. The van der Waals surface area contributed by atoms with Gasteiger partial charge >= 0.3 is 12.7 Å². The van der Waals surface area contributed by atoms with E-state index in [1.54, 1.807) is 25.7 Å². The fraction of sp³-hybridized carbons (Fsp3) is 0.588. The van der Waals surface area contributed by atoms with Crippen molar-refractivity contribution in [3.05, 3.63) is 24.0 Å². The first-order valence-corrected chi connectivity index (χ1v) is 8.03. The molecule has 1 aliphatic heterocycles. The predicted molar refractivity (Wildman–Crippen MR) is 84.5 cm³/mol. The van der Waals surface area contributed by atoms with Gasteiger partial charge in [-0.2, -0.15) is 8.78 Å². The average molecular weight is 361 g/mol. The molecule has 0 radical (unpaired) electrons. The number of piperidine rings is 1. The monoisotopic (exact) mass is 361 g/mol. The third-order valence-corrected chi connectivity index (χ3v) is 3.52. The van der Waals surface area contributed by atoms with E-state index < -0.39 is 18.0 Å². The summed E-state index contributed by atoms with van der Waals surface area (Å²) in [5.41, 5.74) is -0.560. The second kappa shape index (κ2) is 7.84. The third-order valence-electron chi connectivity index (χ3n) is 3.52. The topological polar surface area (TPSA) is 48.0 Å². The highest BCUT2D eigenvalue weighted by atomic mass is 19.3. The van der Waals surface area contributed by atoms with Gasteiger partial charge < -0.3 is 19.1 Å². The molecule has 140 valence electrons. The minimum Gasteiger partial charge on any atom is -0.487 e. The quantitative estimate of drug-likeness (QED) is 0.806. The number of likely N-dealkylation sites (tertiary alicyclic amines) is 1. The fourth-order valence-corrected chi connectivity index (χ4v) is 2.42. The van der Waals surface area contributed by atoms with Gasteiger partial charge in [-0.25, -0.2) is 9.18 Å². The van der Waals surface area contributed by atoms with Gasteiger partial charge in [0.2, 0.25) is 0 Å². The molecular weight excluding hydrogens is 339 g/mol. The molecule has 8 heteroatoms. The Morgan fingerprint density at radius 3 is 2.40 bits per heavy atom. The smallest absolute Gasteiger partial charge is 0.410 e. The van der Waals surface area contributed by atoms with Crippen molar-refractivity contribution in [1.29, 1.82) is 0 Å². The summed E-state index contributed by atoms with van der Waals surface area (Å²) in [4.78, 5) is 13.6. The lowest BCUT2D eigenvalue weighted by Gasteiger charge is -2.33. The van der Waals surface area contributed by atoms with Crippen molar-refractivity contribution in [3.8, 4) is 11.5 Å². The van der Waals surface area contributed by atoms with Crippen molar-refractivity contribution in [3.63, 3.8) is 0 Å². The summed E-state index contributed by atoms with van der Waals surface area (Å²) in [5.74, 6) is -1.07. The van der Waals surface area contributed by atoms with Crippen molar-refractivity contribution in [1.82, 2.24) is 4.90 Å². The van der Waals surface area contributed by atoms with Gasteiger partial charge in [0, 0.05) is 32.0 Å². The zero-order valence-electron chi connectivity index (χ0n) is 14.4. The Hall–Kier alpha value is -2.12. The van der Waals surface area contributed by atoms with Crippen molar-refractivity contribution in [2.75, 3.05) is 13.1 Å². The van der Waals surface area contributed by atoms with Crippen LogP contribution >= 0.6 is 0 Å². The maximum absolute atomic E-state index is 13.9. The molecule has 0 saturated carbocycles. The van der Waals surface area contributed by atoms with Crippen LogP contribution in [-0.2, 0) is 4.74 Å². The second-order valence-corrected chi connectivity index (χ2v) is 6.76. The van der Waals surface area contributed by atoms with Crippen LogP contribution < -0.4 is 9.47 Å². The van der Waals surface area contributed by atoms with Crippen LogP contribution in [0.25, 0.3) is 0 Å². The molecule has 0 bridgehead atoms. The molecular formula is C17H22F3NO4. The Balaban J connectivity index is 1.87. The number of carbonyl (C=O) groups excluding carboxylic acids is 1. The molecule has 0 N–H and O–H groups in total. The average Bonchev–Trinajstić information content (AvgIpc) is 2.48. The van der Waals surface area contributed by atoms with E-state index in [9.17, 15) is 18.0 Å². The van der Waals surface area contributed by atoms with E-state index in [1.165, 1.54) is 12.1 Å². The lowest BCUT2D eigenvalue weighted by Crippen LogP contribution is -2.44. The van der Waals surface area contributed by atoms with Gasteiger partial charge in [0.1, 0.15) is 17.5 Å². The van der Waals surface area contributed by atoms with Crippen LogP contribution in [0.3, 0.4) is 0 Å². The van der Waals surface area contributed by atoms with Crippen molar-refractivity contribution >= 4 is 6.09 Å². The highest BCUT2D eigenvalue weighted by Gasteiger charge is 2.28. The molecule has 25 heavy (non-hydrogen) atoms. The number of halogens is 3. The highest BCUT2D eigenvalue weighted by molar-refractivity contribution is 5.68. The molecule has 0 atom stereocenters. The zero-order valence-corrected chi connectivity index (χ0v) is 14.4. The Labute approximate surface area is 144 Å². The van der Waals surface area contributed by atoms with E-state index >= 15 is 0 Å². The van der Waals surface area contributed by atoms with Crippen molar-refractivity contribution in [2.24, 2.45) is 0 Å². The van der Waals surface area contributed by atoms with Gasteiger partial charge in [-0.05, 0) is 32.9 Å². The number of hydrogen-bond acceptors (Lipinski definition) is 4. The molecule has 1 aromatic rings. The molecule has 1 amide bonds. The van der Waals surface area contributed by atoms with E-state index in [1.807, 2.05) is 0 Å². The molecule has 0 aromatic heterocycles. The first-order chi connectivity index (χ1) is 11.6. The summed E-state index contributed by atoms with van der Waals surface area (Å²) in [6.45, 7) is 3.26. The number of carbonyl (C=O) groups is 1. The van der Waals surface area contributed by atoms with Gasteiger partial charge in [0.15, 0.2) is 11.6 Å². The Kier molecular flexibility index (Phi) is 6.02. The molecule has 0 unspecified atom stereocenters. The van der Waals surface area contributed by atoms with Gasteiger partial charge in [0.25, 0.3) is 0 Å². The normalized spacial score (nSPS) is 16.0. The summed E-state index contributed by atoms with van der Waals surface area (Å²) in [5, 5.41) is 0. The number of hydrogen-bond donors (Lipinski definition) is 0. The number of benzene rings is 1. The first-order valence-electron chi connectivity index (χ1n) is 8.03. The lowest BCUT2D eigenvalue weighted by atomic mass is 10.1. The zero-order chi connectivity index (χ0) is 18.6. The van der Waals surface area contributed by atoms with Gasteiger partial charge in [-0.1, -0.05) is 0 Å². The van der Waals surface area contributed by atoms with Crippen molar-refractivity contribution in [2.45, 2.75) is 51.9 Å². The summed E-state index contributed by atoms with van der Waals surface area (Å²) < 4.78 is 53.2. The molecule has 0 aliphatic carbocycles. The molecule has 1 fully saturated rings. The molecule has 0 spiro atoms. The molecule has 1 aromatic carbocycles. The van der Waals surface area contributed by atoms with E-state index in [0.717, 1.165) is 6.07 Å². The molecule has 1 aliphatic rings. The maximum atomic E-state index is 13.9. The maximum Gasteiger partial charge on any atom is 0.410 e. The molecule has 1 heterocycles. The number of nitrogens with zero attached hydrogens (tertiary/aromatic N) is 1. The van der Waals surface area contributed by atoms with E-state index in [0.29, 0.717) is 25.9 Å². The number of rotatable bonds is 4. The summed E-state index contributed by atoms with van der Waals surface area (Å²) in [6, 6.07) is 3.34. The van der Waals surface area contributed by atoms with E-state index in [-0.39, 0.29) is 23.7 Å². The van der Waals surface area contributed by atoms with Gasteiger partial charge in [-0.3, -0.25) is 0 Å². The van der Waals surface area contributed by atoms with Crippen LogP contribution in [-0.4, -0.2) is 42.4 Å². The minimum absolute atomic E-state index is 0.0302. The van der Waals surface area contributed by atoms with Crippen LogP contribution in [0.4, 0.5) is 18.0 Å². The SMILES string of the molecule is CC(C)(C)OC(=O)N1CCC(Oc2ccc(OC(F)F)cc2F)CC1. The molecule has 5 nitrogen and oxygen atoms in total. The van der Waals surface area contributed by atoms with E-state index in [4.69, 9.17) is 9.47 Å². The molecule has 2 rings (SSSR count). The largest absolute Gasteiger partial charge is 0.487 e. The lowest BCUT2D eigenvalue weighted by molar-refractivity contribution is -0.0501. The van der Waals surface area contributed by atoms with Crippen LogP contribution in [0.1, 0.15) is 33.6 Å². The molecule has 1 saturated heterocycles. The summed E-state index contributed by atoms with van der Waals surface area (Å²) >= 11 is 0. The van der Waals surface area contributed by atoms with Crippen LogP contribution in [0.2, 0.25) is 0 Å². The van der Waals surface area contributed by atoms with Crippen LogP contribution in [0.15, 0.2) is 18.2 Å². The van der Waals surface area contributed by atoms with Gasteiger partial charge in [0.05, 0.1) is 0 Å². The van der Waals surface area contributed by atoms with Gasteiger partial charge in [-0.15, -0.1) is 0 Å². The Morgan fingerprint density at radius 1 is 1.24 bits per heavy atom. The number of alkyl halides is 2. The van der Waals surface area contributed by atoms with Crippen molar-refractivity contribution < 1.29 is 32.2 Å². The third kappa shape index (κ3) is 6.03. The fourth-order valence-electron chi connectivity index (χ4n) is 2.42. The van der Waals surface area contributed by atoms with Crippen LogP contribution in [0, 0.1) is 5.82 Å². The Bertz CT molecular complexity index is 596. The summed E-state index contributed by atoms with van der Waals surface area (Å²) in [7, 11) is 0. The number of amides is 1. The standard InChI is InChI=1S/C17H22F3NO4/c1-17(2,3)25-16(22)21-8-6-11(7-9-21)23-14-5-4-12(10-13(14)18)24-15(19)20/h4-5,10-11,15H,6-9H2,1-3H3. The second-order valence-electron chi connectivity index (χ2n) is 6.76. The first kappa shape index (κ1) is 19.2. The number of ether oxygens (including phenoxy) is 3. The van der Waals surface area contributed by atoms with Crippen LogP contribution in [0.5, 0.6) is 11.5 Å². The highest BCUT2D eigenvalue weighted by Crippen LogP contribution is 2.27. The Morgan fingerprint density at radius 2 is 1.88 bits per heavy atom. The summed E-state index contributed by atoms with van der Waals surface area (Å²) in [6.07, 6.45) is 0.391.